The maximum atomic E-state index is 9.86. The van der Waals surface area contributed by atoms with Crippen molar-refractivity contribution in [2.75, 3.05) is 0 Å². The molecule has 0 aliphatic heterocycles. The van der Waals surface area contributed by atoms with E-state index in [-0.39, 0.29) is 5.41 Å². The fourth-order valence-corrected chi connectivity index (χ4v) is 2.49. The predicted molar refractivity (Wildman–Crippen MR) is 76.2 cm³/mol. The first-order chi connectivity index (χ1) is 8.43. The van der Waals surface area contributed by atoms with Crippen molar-refractivity contribution in [3.63, 3.8) is 0 Å². The average molecular weight is 240 g/mol. The van der Waals surface area contributed by atoms with Gasteiger partial charge in [-0.15, -0.1) is 0 Å². The Hall–Kier alpha value is -1.76. The van der Waals surface area contributed by atoms with E-state index in [0.29, 0.717) is 5.75 Å². The smallest absolute Gasteiger partial charge is 0.118 e. The Morgan fingerprint density at radius 2 is 1.61 bits per heavy atom. The molecule has 0 aromatic heterocycles. The predicted octanol–water partition coefficient (Wildman–Crippen LogP) is 4.33. The van der Waals surface area contributed by atoms with E-state index >= 15 is 0 Å². The minimum atomic E-state index is -0.102. The van der Waals surface area contributed by atoms with Crippen LogP contribution in [0.2, 0.25) is 0 Å². The normalized spacial score (nSPS) is 11.6. The van der Waals surface area contributed by atoms with Gasteiger partial charge in [-0.05, 0) is 36.6 Å². The molecule has 1 heteroatoms. The molecule has 0 fully saturated rings. The second-order valence-corrected chi connectivity index (χ2v) is 5.44. The van der Waals surface area contributed by atoms with Crippen molar-refractivity contribution in [2.24, 2.45) is 0 Å². The van der Waals surface area contributed by atoms with Gasteiger partial charge in [0.2, 0.25) is 0 Å². The Bertz CT molecular complexity index is 568. The zero-order chi connectivity index (χ0) is 13.3. The number of rotatable bonds is 2. The fourth-order valence-electron chi connectivity index (χ4n) is 2.49. The van der Waals surface area contributed by atoms with E-state index in [0.717, 1.165) is 5.56 Å². The summed E-state index contributed by atoms with van der Waals surface area (Å²) in [6.45, 7) is 8.48. The lowest BCUT2D eigenvalue weighted by Crippen LogP contribution is -2.20. The molecule has 0 saturated heterocycles. The minimum Gasteiger partial charge on any atom is -0.508 e. The van der Waals surface area contributed by atoms with Gasteiger partial charge in [0.1, 0.15) is 5.75 Å². The maximum Gasteiger partial charge on any atom is 0.118 e. The molecule has 0 spiro atoms. The summed E-state index contributed by atoms with van der Waals surface area (Å²) in [5.74, 6) is 0.369. The van der Waals surface area contributed by atoms with Gasteiger partial charge < -0.3 is 5.11 Å². The van der Waals surface area contributed by atoms with Crippen LogP contribution in [0.4, 0.5) is 0 Å². The van der Waals surface area contributed by atoms with Gasteiger partial charge in [0.05, 0.1) is 0 Å². The first-order valence-electron chi connectivity index (χ1n) is 6.29. The summed E-state index contributed by atoms with van der Waals surface area (Å²) in [6.07, 6.45) is 0. The highest BCUT2D eigenvalue weighted by Gasteiger charge is 2.25. The zero-order valence-electron chi connectivity index (χ0n) is 11.5. The number of phenols is 1. The SMILES string of the molecule is Cc1cccc(C(C)(C)c2cccc(O)c2C)c1. The van der Waals surface area contributed by atoms with Gasteiger partial charge in [0, 0.05) is 5.41 Å². The molecule has 1 nitrogen and oxygen atoms in total. The molecule has 0 aliphatic rings. The molecule has 2 rings (SSSR count). The maximum absolute atomic E-state index is 9.86. The minimum absolute atomic E-state index is 0.102. The molecular weight excluding hydrogens is 220 g/mol. The van der Waals surface area contributed by atoms with Gasteiger partial charge in [-0.1, -0.05) is 55.8 Å². The van der Waals surface area contributed by atoms with E-state index in [1.54, 1.807) is 6.07 Å². The van der Waals surface area contributed by atoms with Crippen LogP contribution in [-0.2, 0) is 5.41 Å². The topological polar surface area (TPSA) is 20.2 Å². The third kappa shape index (κ3) is 2.13. The number of hydrogen-bond acceptors (Lipinski definition) is 1. The van der Waals surface area contributed by atoms with Gasteiger partial charge in [-0.25, -0.2) is 0 Å². The standard InChI is InChI=1S/C17H20O/c1-12-7-5-8-14(11-12)17(3,4)15-9-6-10-16(18)13(15)2/h5-11,18H,1-4H3. The summed E-state index contributed by atoms with van der Waals surface area (Å²) in [4.78, 5) is 0. The van der Waals surface area contributed by atoms with Crippen molar-refractivity contribution in [1.82, 2.24) is 0 Å². The van der Waals surface area contributed by atoms with Crippen LogP contribution >= 0.6 is 0 Å². The molecule has 94 valence electrons. The van der Waals surface area contributed by atoms with E-state index in [9.17, 15) is 5.11 Å². The van der Waals surface area contributed by atoms with Gasteiger partial charge in [0.15, 0.2) is 0 Å². The Kier molecular flexibility index (Phi) is 3.16. The van der Waals surface area contributed by atoms with Crippen molar-refractivity contribution >= 4 is 0 Å². The summed E-state index contributed by atoms with van der Waals surface area (Å²) in [5.41, 5.74) is 4.57. The molecule has 0 heterocycles. The van der Waals surface area contributed by atoms with Gasteiger partial charge in [-0.2, -0.15) is 0 Å². The monoisotopic (exact) mass is 240 g/mol. The van der Waals surface area contributed by atoms with Crippen LogP contribution in [0.3, 0.4) is 0 Å². The summed E-state index contributed by atoms with van der Waals surface area (Å²) >= 11 is 0. The summed E-state index contributed by atoms with van der Waals surface area (Å²) in [6, 6.07) is 14.3. The third-order valence-corrected chi connectivity index (χ3v) is 3.72. The number of aryl methyl sites for hydroxylation is 1. The van der Waals surface area contributed by atoms with Crippen LogP contribution in [0.1, 0.15) is 36.1 Å². The van der Waals surface area contributed by atoms with E-state index in [2.05, 4.69) is 51.1 Å². The van der Waals surface area contributed by atoms with E-state index in [1.165, 1.54) is 16.7 Å². The molecule has 1 N–H and O–H groups in total. The molecule has 0 radical (unpaired) electrons. The number of phenolic OH excluding ortho intramolecular Hbond substituents is 1. The molecule has 2 aromatic rings. The second-order valence-electron chi connectivity index (χ2n) is 5.44. The summed E-state index contributed by atoms with van der Waals surface area (Å²) < 4.78 is 0. The molecule has 0 amide bonds. The lowest BCUT2D eigenvalue weighted by atomic mass is 9.76. The van der Waals surface area contributed by atoms with Crippen LogP contribution in [0.15, 0.2) is 42.5 Å². The van der Waals surface area contributed by atoms with E-state index < -0.39 is 0 Å². The third-order valence-electron chi connectivity index (χ3n) is 3.72. The van der Waals surface area contributed by atoms with Crippen molar-refractivity contribution in [1.29, 1.82) is 0 Å². The van der Waals surface area contributed by atoms with E-state index in [1.807, 2.05) is 13.0 Å². The van der Waals surface area contributed by atoms with E-state index in [4.69, 9.17) is 0 Å². The van der Waals surface area contributed by atoms with Crippen molar-refractivity contribution in [3.8, 4) is 5.75 Å². The van der Waals surface area contributed by atoms with Crippen molar-refractivity contribution in [2.45, 2.75) is 33.1 Å². The number of benzene rings is 2. The van der Waals surface area contributed by atoms with Crippen molar-refractivity contribution < 1.29 is 5.11 Å². The largest absolute Gasteiger partial charge is 0.508 e. The highest BCUT2D eigenvalue weighted by atomic mass is 16.3. The molecule has 0 unspecified atom stereocenters. The summed E-state index contributed by atoms with van der Waals surface area (Å²) in [7, 11) is 0. The molecule has 18 heavy (non-hydrogen) atoms. The van der Waals surface area contributed by atoms with Crippen LogP contribution in [0.25, 0.3) is 0 Å². The zero-order valence-corrected chi connectivity index (χ0v) is 11.5. The van der Waals surface area contributed by atoms with Crippen molar-refractivity contribution in [3.05, 3.63) is 64.7 Å². The molecule has 0 atom stereocenters. The Labute approximate surface area is 109 Å². The molecule has 0 aliphatic carbocycles. The quantitative estimate of drug-likeness (QED) is 0.828. The Morgan fingerprint density at radius 3 is 2.28 bits per heavy atom. The second kappa shape index (κ2) is 4.49. The first-order valence-corrected chi connectivity index (χ1v) is 6.29. The van der Waals surface area contributed by atoms with Crippen LogP contribution in [-0.4, -0.2) is 5.11 Å². The van der Waals surface area contributed by atoms with Crippen LogP contribution in [0, 0.1) is 13.8 Å². The number of aromatic hydroxyl groups is 1. The highest BCUT2D eigenvalue weighted by Crippen LogP contribution is 2.36. The summed E-state index contributed by atoms with van der Waals surface area (Å²) in [5, 5.41) is 9.86. The number of hydrogen-bond donors (Lipinski definition) is 1. The molecular formula is C17H20O. The molecule has 0 bridgehead atoms. The average Bonchev–Trinajstić information content (AvgIpc) is 2.32. The Balaban J connectivity index is 2.57. The lowest BCUT2D eigenvalue weighted by molar-refractivity contribution is 0.467. The van der Waals surface area contributed by atoms with Gasteiger partial charge >= 0.3 is 0 Å². The lowest BCUT2D eigenvalue weighted by Gasteiger charge is -2.28. The first kappa shape index (κ1) is 12.7. The van der Waals surface area contributed by atoms with Gasteiger partial charge in [-0.3, -0.25) is 0 Å². The van der Waals surface area contributed by atoms with Gasteiger partial charge in [0.25, 0.3) is 0 Å². The highest BCUT2D eigenvalue weighted by molar-refractivity contribution is 5.47. The Morgan fingerprint density at radius 1 is 0.944 bits per heavy atom. The fraction of sp³-hybridized carbons (Fsp3) is 0.294. The molecule has 2 aromatic carbocycles. The molecule has 0 saturated carbocycles. The van der Waals surface area contributed by atoms with Crippen LogP contribution in [0.5, 0.6) is 5.75 Å². The van der Waals surface area contributed by atoms with Crippen LogP contribution < -0.4 is 0 Å².